The van der Waals surface area contributed by atoms with Crippen LogP contribution in [0.25, 0.3) is 71.8 Å². The molecule has 1 atom stereocenters. The van der Waals surface area contributed by atoms with E-state index in [4.69, 9.17) is 9.97 Å². The summed E-state index contributed by atoms with van der Waals surface area (Å²) in [5.74, 6) is 0.588. The van der Waals surface area contributed by atoms with Crippen molar-refractivity contribution < 1.29 is 4.57 Å². The van der Waals surface area contributed by atoms with Crippen LogP contribution in [0.15, 0.2) is 158 Å². The predicted octanol–water partition coefficient (Wildman–Crippen LogP) is 9.17. The molecule has 1 aliphatic heterocycles. The Balaban J connectivity index is 1.34. The molecule has 0 spiro atoms. The molecule has 220 valence electrons. The summed E-state index contributed by atoms with van der Waals surface area (Å²) in [5.41, 5.74) is 6.76. The lowest BCUT2D eigenvalue weighted by Gasteiger charge is -2.16. The van der Waals surface area contributed by atoms with Crippen molar-refractivity contribution in [2.45, 2.75) is 0 Å². The zero-order valence-electron chi connectivity index (χ0n) is 25.2. The van der Waals surface area contributed by atoms with Crippen LogP contribution >= 0.6 is 7.14 Å². The maximum Gasteiger partial charge on any atom is 0.235 e. The van der Waals surface area contributed by atoms with E-state index in [9.17, 15) is 0 Å². The van der Waals surface area contributed by atoms with Crippen molar-refractivity contribution in [3.63, 3.8) is 0 Å². The van der Waals surface area contributed by atoms with Gasteiger partial charge >= 0.3 is 0 Å². The monoisotopic (exact) mass is 619 g/mol. The molecule has 1 aliphatic rings. The quantitative estimate of drug-likeness (QED) is 0.185. The molecule has 5 heteroatoms. The van der Waals surface area contributed by atoms with Crippen LogP contribution in [0.1, 0.15) is 0 Å². The fourth-order valence-electron chi connectivity index (χ4n) is 7.51. The van der Waals surface area contributed by atoms with E-state index in [-0.39, 0.29) is 0 Å². The van der Waals surface area contributed by atoms with E-state index >= 15 is 4.57 Å². The topological polar surface area (TPSA) is 47.8 Å². The van der Waals surface area contributed by atoms with Crippen LogP contribution in [0.2, 0.25) is 0 Å². The van der Waals surface area contributed by atoms with Gasteiger partial charge in [0, 0.05) is 43.2 Å². The minimum Gasteiger partial charge on any atom is -0.309 e. The van der Waals surface area contributed by atoms with Crippen molar-refractivity contribution in [1.82, 2.24) is 14.5 Å². The molecular formula is C42H26N3OP. The van der Waals surface area contributed by atoms with Gasteiger partial charge in [-0.2, -0.15) is 0 Å². The molecule has 0 saturated heterocycles. The standard InChI is InChI=1S/C42H26N3OP/c46-47(30-14-2-1-3-15-30)37-21-11-8-18-34(37)39-38(47)25-24-32-31-16-7-10-20-36(31)45(41(32)39)42-43-35-19-9-6-17-33(35)40(44-42)29-23-22-27-12-4-5-13-28(27)26-29/h1-26H. The predicted molar refractivity (Wildman–Crippen MR) is 195 cm³/mol. The summed E-state index contributed by atoms with van der Waals surface area (Å²) in [4.78, 5) is 10.6. The molecule has 0 fully saturated rings. The van der Waals surface area contributed by atoms with Crippen LogP contribution in [0.5, 0.6) is 0 Å². The molecular weight excluding hydrogens is 593 g/mol. The number of aromatic nitrogens is 3. The molecule has 10 rings (SSSR count). The molecule has 0 aliphatic carbocycles. The molecule has 47 heavy (non-hydrogen) atoms. The molecule has 3 heterocycles. The Morgan fingerprint density at radius 2 is 1.26 bits per heavy atom. The van der Waals surface area contributed by atoms with E-state index in [1.54, 1.807) is 0 Å². The van der Waals surface area contributed by atoms with Gasteiger partial charge in [0.05, 0.1) is 22.2 Å². The Hall–Kier alpha value is -5.83. The largest absolute Gasteiger partial charge is 0.309 e. The van der Waals surface area contributed by atoms with Crippen molar-refractivity contribution in [1.29, 1.82) is 0 Å². The molecule has 1 unspecified atom stereocenters. The number of para-hydroxylation sites is 2. The molecule has 0 radical (unpaired) electrons. The lowest BCUT2D eigenvalue weighted by Crippen LogP contribution is -2.20. The van der Waals surface area contributed by atoms with Crippen LogP contribution in [0, 0.1) is 0 Å². The molecule has 0 bridgehead atoms. The van der Waals surface area contributed by atoms with Gasteiger partial charge in [-0.05, 0) is 40.6 Å². The maximum absolute atomic E-state index is 15.4. The minimum atomic E-state index is -3.14. The first-order chi connectivity index (χ1) is 23.2. The summed E-state index contributed by atoms with van der Waals surface area (Å²) in [7, 11) is -3.14. The minimum absolute atomic E-state index is 0.588. The van der Waals surface area contributed by atoms with Crippen LogP contribution < -0.4 is 15.9 Å². The van der Waals surface area contributed by atoms with E-state index in [0.29, 0.717) is 5.95 Å². The van der Waals surface area contributed by atoms with Crippen molar-refractivity contribution in [2.75, 3.05) is 0 Å². The van der Waals surface area contributed by atoms with E-state index in [1.165, 1.54) is 5.39 Å². The number of hydrogen-bond acceptors (Lipinski definition) is 3. The molecule has 9 aromatic rings. The van der Waals surface area contributed by atoms with E-state index in [0.717, 1.165) is 76.4 Å². The average Bonchev–Trinajstić information content (AvgIpc) is 3.61. The highest BCUT2D eigenvalue weighted by Gasteiger charge is 2.42. The second-order valence-corrected chi connectivity index (χ2v) is 14.8. The lowest BCUT2D eigenvalue weighted by atomic mass is 10.0. The molecule has 0 amide bonds. The van der Waals surface area contributed by atoms with Crippen molar-refractivity contribution in [3.05, 3.63) is 158 Å². The zero-order chi connectivity index (χ0) is 31.1. The number of benzene rings is 7. The van der Waals surface area contributed by atoms with E-state index < -0.39 is 7.14 Å². The first kappa shape index (κ1) is 26.4. The summed E-state index contributed by atoms with van der Waals surface area (Å²) in [5, 5.41) is 8.11. The van der Waals surface area contributed by atoms with Gasteiger partial charge in [-0.25, -0.2) is 9.97 Å². The van der Waals surface area contributed by atoms with Crippen molar-refractivity contribution >= 4 is 66.5 Å². The van der Waals surface area contributed by atoms with Gasteiger partial charge in [0.2, 0.25) is 5.95 Å². The first-order valence-electron chi connectivity index (χ1n) is 15.8. The highest BCUT2D eigenvalue weighted by atomic mass is 31.2. The van der Waals surface area contributed by atoms with Gasteiger partial charge in [0.15, 0.2) is 7.14 Å². The Kier molecular flexibility index (Phi) is 5.52. The average molecular weight is 620 g/mol. The highest BCUT2D eigenvalue weighted by molar-refractivity contribution is 7.86. The fraction of sp³-hybridized carbons (Fsp3) is 0. The van der Waals surface area contributed by atoms with Gasteiger partial charge < -0.3 is 4.57 Å². The lowest BCUT2D eigenvalue weighted by molar-refractivity contribution is 0.593. The second-order valence-electron chi connectivity index (χ2n) is 12.1. The van der Waals surface area contributed by atoms with Gasteiger partial charge in [-0.15, -0.1) is 0 Å². The van der Waals surface area contributed by atoms with Gasteiger partial charge in [0.25, 0.3) is 0 Å². The summed E-state index contributed by atoms with van der Waals surface area (Å²) in [6, 6.07) is 53.9. The van der Waals surface area contributed by atoms with E-state index in [1.807, 2.05) is 60.7 Å². The summed E-state index contributed by atoms with van der Waals surface area (Å²) in [6.45, 7) is 0. The van der Waals surface area contributed by atoms with Crippen LogP contribution in [-0.4, -0.2) is 14.5 Å². The number of rotatable bonds is 3. The molecule has 4 nitrogen and oxygen atoms in total. The number of hydrogen-bond donors (Lipinski definition) is 0. The molecule has 7 aromatic carbocycles. The Bertz CT molecular complexity index is 2780. The van der Waals surface area contributed by atoms with Crippen LogP contribution in [-0.2, 0) is 4.57 Å². The SMILES string of the molecule is O=P1(c2ccccc2)c2ccccc2-c2c1ccc1c3ccccc3n(-c3nc(-c4ccc5ccccc5c4)c4ccccc4n3)c21. The smallest absolute Gasteiger partial charge is 0.235 e. The molecule has 0 N–H and O–H groups in total. The van der Waals surface area contributed by atoms with E-state index in [2.05, 4.69) is 102 Å². The van der Waals surface area contributed by atoms with Crippen LogP contribution in [0.4, 0.5) is 0 Å². The molecule has 0 saturated carbocycles. The summed E-state index contributed by atoms with van der Waals surface area (Å²) >= 11 is 0. The Morgan fingerprint density at radius 3 is 2.15 bits per heavy atom. The zero-order valence-corrected chi connectivity index (χ0v) is 26.1. The number of fused-ring (bicyclic) bond motifs is 9. The summed E-state index contributed by atoms with van der Waals surface area (Å²) < 4.78 is 17.6. The second kappa shape index (κ2) is 9.83. The first-order valence-corrected chi connectivity index (χ1v) is 17.5. The third-order valence-corrected chi connectivity index (χ3v) is 12.7. The normalized spacial score (nSPS) is 15.4. The Morgan fingerprint density at radius 1 is 0.532 bits per heavy atom. The van der Waals surface area contributed by atoms with Crippen molar-refractivity contribution in [2.24, 2.45) is 0 Å². The van der Waals surface area contributed by atoms with Crippen LogP contribution in [0.3, 0.4) is 0 Å². The molecule has 2 aromatic heterocycles. The van der Waals surface area contributed by atoms with Gasteiger partial charge in [0.1, 0.15) is 0 Å². The van der Waals surface area contributed by atoms with Gasteiger partial charge in [-0.3, -0.25) is 4.57 Å². The Labute approximate surface area is 271 Å². The third kappa shape index (κ3) is 3.68. The van der Waals surface area contributed by atoms with Crippen molar-refractivity contribution in [3.8, 4) is 28.3 Å². The summed E-state index contributed by atoms with van der Waals surface area (Å²) in [6.07, 6.45) is 0. The van der Waals surface area contributed by atoms with Gasteiger partial charge in [-0.1, -0.05) is 133 Å². The fourth-order valence-corrected chi connectivity index (χ4v) is 10.6. The number of nitrogens with zero attached hydrogens (tertiary/aromatic N) is 3. The highest BCUT2D eigenvalue weighted by Crippen LogP contribution is 2.54. The maximum atomic E-state index is 15.4. The third-order valence-electron chi connectivity index (χ3n) is 9.60.